The van der Waals surface area contributed by atoms with Crippen LogP contribution in [0.15, 0.2) is 23.6 Å². The Labute approximate surface area is 157 Å². The molecular formula is C19H25N3O3S. The molecule has 0 bridgehead atoms. The maximum absolute atomic E-state index is 12.3. The van der Waals surface area contributed by atoms with Crippen LogP contribution in [0.1, 0.15) is 29.7 Å². The number of nitrogens with zero attached hydrogens (tertiary/aromatic N) is 1. The second-order valence-corrected chi connectivity index (χ2v) is 7.56. The van der Waals surface area contributed by atoms with Gasteiger partial charge in [0, 0.05) is 36.1 Å². The van der Waals surface area contributed by atoms with Crippen molar-refractivity contribution in [3.63, 3.8) is 0 Å². The first-order chi connectivity index (χ1) is 12.5. The molecule has 1 aromatic carbocycles. The fraction of sp³-hybridized carbons (Fsp3) is 0.474. The predicted molar refractivity (Wildman–Crippen MR) is 103 cm³/mol. The number of ether oxygens (including phenoxy) is 2. The topological polar surface area (TPSA) is 72.5 Å². The number of anilines is 1. The number of thiazole rings is 1. The molecule has 1 aliphatic rings. The third kappa shape index (κ3) is 4.16. The lowest BCUT2D eigenvalue weighted by atomic mass is 9.73. The maximum atomic E-state index is 12.3. The van der Waals surface area contributed by atoms with E-state index in [1.165, 1.54) is 16.9 Å². The zero-order chi connectivity index (χ0) is 18.6. The fourth-order valence-electron chi connectivity index (χ4n) is 3.34. The molecule has 140 valence electrons. The quantitative estimate of drug-likeness (QED) is 0.837. The summed E-state index contributed by atoms with van der Waals surface area (Å²) in [5.74, 6) is 0.857. The van der Waals surface area contributed by atoms with E-state index in [1.807, 2.05) is 24.4 Å². The number of aromatic nitrogens is 1. The first-order valence-electron chi connectivity index (χ1n) is 8.72. The summed E-state index contributed by atoms with van der Waals surface area (Å²) in [5, 5.41) is 8.35. The highest BCUT2D eigenvalue weighted by Crippen LogP contribution is 2.40. The Morgan fingerprint density at radius 1 is 1.35 bits per heavy atom. The van der Waals surface area contributed by atoms with Crippen LogP contribution in [0.5, 0.6) is 5.75 Å². The normalized spacial score (nSPS) is 16.1. The van der Waals surface area contributed by atoms with Crippen molar-refractivity contribution in [2.75, 3.05) is 32.2 Å². The highest BCUT2D eigenvalue weighted by molar-refractivity contribution is 7.13. The Bertz CT molecular complexity index is 769. The van der Waals surface area contributed by atoms with E-state index in [4.69, 9.17) is 9.47 Å². The van der Waals surface area contributed by atoms with Gasteiger partial charge in [-0.3, -0.25) is 5.32 Å². The summed E-state index contributed by atoms with van der Waals surface area (Å²) in [6.07, 6.45) is 1.67. The highest BCUT2D eigenvalue weighted by Gasteiger charge is 2.37. The lowest BCUT2D eigenvalue weighted by molar-refractivity contribution is 0.0500. The van der Waals surface area contributed by atoms with Gasteiger partial charge in [0.05, 0.1) is 12.8 Å². The summed E-state index contributed by atoms with van der Waals surface area (Å²) < 4.78 is 11.2. The largest absolute Gasteiger partial charge is 0.496 e. The first-order valence-corrected chi connectivity index (χ1v) is 9.60. The average molecular weight is 375 g/mol. The van der Waals surface area contributed by atoms with Crippen molar-refractivity contribution in [2.45, 2.75) is 32.1 Å². The molecule has 7 heteroatoms. The summed E-state index contributed by atoms with van der Waals surface area (Å²) in [6.45, 7) is 5.84. The molecule has 2 amide bonds. The molecule has 0 saturated carbocycles. The van der Waals surface area contributed by atoms with Crippen molar-refractivity contribution in [3.05, 3.63) is 40.4 Å². The number of nitrogens with one attached hydrogen (secondary N) is 2. The van der Waals surface area contributed by atoms with E-state index in [9.17, 15) is 4.79 Å². The standard InChI is InChI=1S/C19H25N3O3S/c1-13-4-5-16(24-3)15(10-13)19(6-8-25-9-7-19)12-20-17(23)22-18-21-14(2)11-26-18/h4-5,10-11H,6-9,12H2,1-3H3,(H2,20,21,22,23). The minimum atomic E-state index is -0.239. The Morgan fingerprint density at radius 3 is 2.77 bits per heavy atom. The lowest BCUT2D eigenvalue weighted by Gasteiger charge is -2.38. The number of carbonyl (C=O) groups is 1. The van der Waals surface area contributed by atoms with Crippen molar-refractivity contribution in [1.29, 1.82) is 0 Å². The summed E-state index contributed by atoms with van der Waals surface area (Å²) in [6, 6.07) is 5.96. The van der Waals surface area contributed by atoms with Crippen molar-refractivity contribution >= 4 is 22.5 Å². The third-order valence-corrected chi connectivity index (χ3v) is 5.68. The Morgan fingerprint density at radius 2 is 2.12 bits per heavy atom. The van der Waals surface area contributed by atoms with Gasteiger partial charge in [0.1, 0.15) is 5.75 Å². The fourth-order valence-corrected chi connectivity index (χ4v) is 4.03. The second-order valence-electron chi connectivity index (χ2n) is 6.70. The molecule has 2 N–H and O–H groups in total. The number of rotatable bonds is 5. The second kappa shape index (κ2) is 8.05. The summed E-state index contributed by atoms with van der Waals surface area (Å²) in [4.78, 5) is 16.6. The smallest absolute Gasteiger partial charge is 0.321 e. The van der Waals surface area contributed by atoms with E-state index in [2.05, 4.69) is 28.6 Å². The SMILES string of the molecule is COc1ccc(C)cc1C1(CNC(=O)Nc2nc(C)cs2)CCOCC1. The molecule has 3 rings (SSSR count). The van der Waals surface area contributed by atoms with Gasteiger partial charge in [-0.25, -0.2) is 9.78 Å². The van der Waals surface area contributed by atoms with Crippen LogP contribution in [0.4, 0.5) is 9.93 Å². The minimum absolute atomic E-state index is 0.203. The lowest BCUT2D eigenvalue weighted by Crippen LogP contribution is -2.46. The van der Waals surface area contributed by atoms with Crippen molar-refractivity contribution in [1.82, 2.24) is 10.3 Å². The molecule has 6 nitrogen and oxygen atoms in total. The van der Waals surface area contributed by atoms with Crippen molar-refractivity contribution in [2.24, 2.45) is 0 Å². The van der Waals surface area contributed by atoms with Gasteiger partial charge in [-0.1, -0.05) is 17.7 Å². The minimum Gasteiger partial charge on any atom is -0.496 e. The molecule has 26 heavy (non-hydrogen) atoms. The molecule has 0 radical (unpaired) electrons. The number of aryl methyl sites for hydroxylation is 2. The number of methoxy groups -OCH3 is 1. The number of carbonyl (C=O) groups excluding carboxylic acids is 1. The Balaban J connectivity index is 1.77. The molecule has 0 atom stereocenters. The van der Waals surface area contributed by atoms with Crippen LogP contribution in [0.25, 0.3) is 0 Å². The summed E-state index contributed by atoms with van der Waals surface area (Å²) >= 11 is 1.42. The number of hydrogen-bond acceptors (Lipinski definition) is 5. The van der Waals surface area contributed by atoms with Gasteiger partial charge in [-0.05, 0) is 32.8 Å². The van der Waals surface area contributed by atoms with Gasteiger partial charge < -0.3 is 14.8 Å². The molecule has 1 aromatic heterocycles. The van der Waals surface area contributed by atoms with Crippen LogP contribution in [-0.4, -0.2) is 37.9 Å². The Hall–Kier alpha value is -2.12. The molecular weight excluding hydrogens is 350 g/mol. The third-order valence-electron chi connectivity index (χ3n) is 4.80. The molecule has 1 aliphatic heterocycles. The summed E-state index contributed by atoms with van der Waals surface area (Å²) in [5.41, 5.74) is 3.00. The van der Waals surface area contributed by atoms with Gasteiger partial charge >= 0.3 is 6.03 Å². The molecule has 2 aromatic rings. The molecule has 1 saturated heterocycles. The van der Waals surface area contributed by atoms with Crippen LogP contribution in [-0.2, 0) is 10.2 Å². The molecule has 2 heterocycles. The number of amides is 2. The predicted octanol–water partition coefficient (Wildman–Crippen LogP) is 3.64. The van der Waals surface area contributed by atoms with Gasteiger partial charge in [0.2, 0.25) is 0 Å². The molecule has 1 fully saturated rings. The Kier molecular flexibility index (Phi) is 5.78. The number of urea groups is 1. The maximum Gasteiger partial charge on any atom is 0.321 e. The van der Waals surface area contributed by atoms with Gasteiger partial charge in [0.15, 0.2) is 5.13 Å². The number of hydrogen-bond donors (Lipinski definition) is 2. The van der Waals surface area contributed by atoms with E-state index < -0.39 is 0 Å². The zero-order valence-corrected chi connectivity index (χ0v) is 16.2. The number of benzene rings is 1. The summed E-state index contributed by atoms with van der Waals surface area (Å²) in [7, 11) is 1.69. The zero-order valence-electron chi connectivity index (χ0n) is 15.4. The van der Waals surface area contributed by atoms with Crippen LogP contribution in [0.3, 0.4) is 0 Å². The van der Waals surface area contributed by atoms with Gasteiger partial charge in [0.25, 0.3) is 0 Å². The van der Waals surface area contributed by atoms with Crippen molar-refractivity contribution < 1.29 is 14.3 Å². The molecule has 0 unspecified atom stereocenters. The highest BCUT2D eigenvalue weighted by atomic mass is 32.1. The van der Waals surface area contributed by atoms with Gasteiger partial charge in [-0.2, -0.15) is 0 Å². The van der Waals surface area contributed by atoms with Crippen molar-refractivity contribution in [3.8, 4) is 5.75 Å². The van der Waals surface area contributed by atoms with E-state index in [0.29, 0.717) is 24.9 Å². The molecule has 0 spiro atoms. The van der Waals surface area contributed by atoms with Crippen LogP contribution in [0, 0.1) is 13.8 Å². The first kappa shape index (κ1) is 18.7. The van der Waals surface area contributed by atoms with Crippen LogP contribution in [0.2, 0.25) is 0 Å². The van der Waals surface area contributed by atoms with Gasteiger partial charge in [-0.15, -0.1) is 11.3 Å². The van der Waals surface area contributed by atoms with E-state index in [0.717, 1.165) is 29.8 Å². The molecule has 0 aliphatic carbocycles. The van der Waals surface area contributed by atoms with E-state index in [-0.39, 0.29) is 11.4 Å². The van der Waals surface area contributed by atoms with E-state index in [1.54, 1.807) is 7.11 Å². The van der Waals surface area contributed by atoms with Crippen LogP contribution >= 0.6 is 11.3 Å². The van der Waals surface area contributed by atoms with E-state index >= 15 is 0 Å². The monoisotopic (exact) mass is 375 g/mol. The van der Waals surface area contributed by atoms with Crippen LogP contribution < -0.4 is 15.4 Å². The average Bonchev–Trinajstić information content (AvgIpc) is 3.05.